The fourth-order valence-electron chi connectivity index (χ4n) is 6.22. The number of carbonyl (C=O) groups excluding carboxylic acids is 1. The zero-order valence-electron chi connectivity index (χ0n) is 21.7. The molecule has 2 fully saturated rings. The van der Waals surface area contributed by atoms with Crippen LogP contribution < -0.4 is 10.1 Å². The van der Waals surface area contributed by atoms with Crippen molar-refractivity contribution in [3.8, 4) is 5.75 Å². The van der Waals surface area contributed by atoms with Crippen molar-refractivity contribution in [3.05, 3.63) is 77.9 Å². The molecule has 0 aliphatic carbocycles. The smallest absolute Gasteiger partial charge is 0.251 e. The highest BCUT2D eigenvalue weighted by atomic mass is 16.5. The number of rotatable bonds is 6. The van der Waals surface area contributed by atoms with Crippen molar-refractivity contribution in [3.63, 3.8) is 0 Å². The summed E-state index contributed by atoms with van der Waals surface area (Å²) in [5.41, 5.74) is 4.19. The van der Waals surface area contributed by atoms with Gasteiger partial charge in [-0.3, -0.25) is 9.69 Å². The fraction of sp³-hybridized carbons (Fsp3) is 0.387. The van der Waals surface area contributed by atoms with E-state index in [0.29, 0.717) is 12.1 Å². The van der Waals surface area contributed by atoms with Gasteiger partial charge in [-0.25, -0.2) is 0 Å². The second-order valence-electron chi connectivity index (χ2n) is 10.6. The van der Waals surface area contributed by atoms with Gasteiger partial charge in [0.05, 0.1) is 18.8 Å². The highest BCUT2D eigenvalue weighted by Crippen LogP contribution is 2.39. The van der Waals surface area contributed by atoms with Crippen LogP contribution in [0.3, 0.4) is 0 Å². The lowest BCUT2D eigenvalue weighted by atomic mass is 9.88. The summed E-state index contributed by atoms with van der Waals surface area (Å²) < 4.78 is 14.3. The van der Waals surface area contributed by atoms with Gasteiger partial charge in [0.1, 0.15) is 5.75 Å². The van der Waals surface area contributed by atoms with Crippen LogP contribution in [0.25, 0.3) is 21.8 Å². The summed E-state index contributed by atoms with van der Waals surface area (Å²) in [6, 6.07) is 22.6. The molecular weight excluding hydrogens is 462 g/mol. The van der Waals surface area contributed by atoms with Crippen LogP contribution in [0.1, 0.15) is 41.6 Å². The zero-order chi connectivity index (χ0) is 25.4. The first kappa shape index (κ1) is 24.0. The SMILES string of the molecule is COc1ccccc1CN1CCC2(CC[C@@H](CNC(=O)c3ccc4c(c3)c3ccccc3n4C)O2)CC1. The number of aryl methyl sites for hydroxylation is 1. The minimum atomic E-state index is -0.0471. The number of ether oxygens (including phenoxy) is 2. The molecule has 0 radical (unpaired) electrons. The molecule has 6 nitrogen and oxygen atoms in total. The van der Waals surface area contributed by atoms with Crippen LogP contribution in [-0.2, 0) is 18.3 Å². The molecule has 192 valence electrons. The van der Waals surface area contributed by atoms with Gasteiger partial charge in [-0.15, -0.1) is 0 Å². The van der Waals surface area contributed by atoms with E-state index in [2.05, 4.69) is 46.1 Å². The normalized spacial score (nSPS) is 19.6. The second kappa shape index (κ2) is 9.84. The van der Waals surface area contributed by atoms with Crippen molar-refractivity contribution in [2.45, 2.75) is 43.9 Å². The summed E-state index contributed by atoms with van der Waals surface area (Å²) in [4.78, 5) is 15.5. The Morgan fingerprint density at radius 1 is 1.00 bits per heavy atom. The average molecular weight is 498 g/mol. The minimum Gasteiger partial charge on any atom is -0.496 e. The lowest BCUT2D eigenvalue weighted by molar-refractivity contribution is -0.0765. The predicted octanol–water partition coefficient (Wildman–Crippen LogP) is 5.28. The molecule has 2 aliphatic rings. The Labute approximate surface area is 218 Å². The third-order valence-electron chi connectivity index (χ3n) is 8.36. The summed E-state index contributed by atoms with van der Waals surface area (Å²) in [5, 5.41) is 5.43. The van der Waals surface area contributed by atoms with E-state index in [-0.39, 0.29) is 17.6 Å². The number of likely N-dealkylation sites (tertiary alicyclic amines) is 1. The van der Waals surface area contributed by atoms with Gasteiger partial charge < -0.3 is 19.4 Å². The summed E-state index contributed by atoms with van der Waals surface area (Å²) in [6.07, 6.45) is 4.20. The summed E-state index contributed by atoms with van der Waals surface area (Å²) >= 11 is 0. The molecule has 3 heterocycles. The number of benzene rings is 3. The molecule has 3 aromatic carbocycles. The third kappa shape index (κ3) is 4.60. The van der Waals surface area contributed by atoms with Crippen LogP contribution in [-0.4, -0.2) is 53.8 Å². The molecule has 0 unspecified atom stereocenters. The number of para-hydroxylation sites is 2. The standard InChI is InChI=1S/C31H35N3O3/c1-33-27-9-5-4-8-25(27)26-19-22(11-12-28(26)33)30(35)32-20-24-13-14-31(37-24)15-17-34(18-16-31)21-23-7-3-6-10-29(23)36-2/h3-12,19,24H,13-18,20-21H2,1-2H3,(H,32,35)/t24-/m0/s1. The van der Waals surface area contributed by atoms with E-state index < -0.39 is 0 Å². The van der Waals surface area contributed by atoms with Gasteiger partial charge in [0, 0.05) is 66.2 Å². The molecule has 4 aromatic rings. The predicted molar refractivity (Wildman–Crippen MR) is 147 cm³/mol. The molecule has 37 heavy (non-hydrogen) atoms. The maximum atomic E-state index is 13.0. The van der Waals surface area contributed by atoms with E-state index in [1.807, 2.05) is 42.5 Å². The van der Waals surface area contributed by atoms with E-state index in [1.54, 1.807) is 7.11 Å². The van der Waals surface area contributed by atoms with E-state index in [0.717, 1.165) is 62.0 Å². The molecule has 1 aromatic heterocycles. The largest absolute Gasteiger partial charge is 0.496 e. The Hall–Kier alpha value is -3.35. The number of fused-ring (bicyclic) bond motifs is 3. The van der Waals surface area contributed by atoms with E-state index >= 15 is 0 Å². The lowest BCUT2D eigenvalue weighted by Crippen LogP contribution is -2.44. The Balaban J connectivity index is 1.04. The average Bonchev–Trinajstić information content (AvgIpc) is 3.47. The molecule has 2 saturated heterocycles. The van der Waals surface area contributed by atoms with Crippen molar-refractivity contribution in [1.29, 1.82) is 0 Å². The third-order valence-corrected chi connectivity index (χ3v) is 8.36. The van der Waals surface area contributed by atoms with Crippen LogP contribution in [0.4, 0.5) is 0 Å². The topological polar surface area (TPSA) is 55.7 Å². The first-order valence-electron chi connectivity index (χ1n) is 13.3. The van der Waals surface area contributed by atoms with Crippen LogP contribution in [0.5, 0.6) is 5.75 Å². The van der Waals surface area contributed by atoms with Crippen LogP contribution >= 0.6 is 0 Å². The minimum absolute atomic E-state index is 0.0361. The van der Waals surface area contributed by atoms with Crippen LogP contribution in [0.2, 0.25) is 0 Å². The van der Waals surface area contributed by atoms with Gasteiger partial charge in [-0.2, -0.15) is 0 Å². The Morgan fingerprint density at radius 3 is 2.59 bits per heavy atom. The maximum Gasteiger partial charge on any atom is 0.251 e. The Kier molecular flexibility index (Phi) is 6.39. The number of hydrogen-bond acceptors (Lipinski definition) is 4. The quantitative estimate of drug-likeness (QED) is 0.394. The molecule has 2 aliphatic heterocycles. The summed E-state index contributed by atoms with van der Waals surface area (Å²) in [6.45, 7) is 3.49. The second-order valence-corrected chi connectivity index (χ2v) is 10.6. The summed E-state index contributed by atoms with van der Waals surface area (Å²) in [7, 11) is 3.80. The van der Waals surface area contributed by atoms with Crippen molar-refractivity contribution >= 4 is 27.7 Å². The molecule has 1 N–H and O–H groups in total. The molecule has 0 saturated carbocycles. The highest BCUT2D eigenvalue weighted by Gasteiger charge is 2.42. The number of piperidine rings is 1. The van der Waals surface area contributed by atoms with Crippen molar-refractivity contribution in [1.82, 2.24) is 14.8 Å². The first-order chi connectivity index (χ1) is 18.0. The molecule has 6 heteroatoms. The van der Waals surface area contributed by atoms with Gasteiger partial charge in [-0.05, 0) is 56.0 Å². The number of amides is 1. The van der Waals surface area contributed by atoms with Crippen molar-refractivity contribution < 1.29 is 14.3 Å². The number of aromatic nitrogens is 1. The molecular formula is C31H35N3O3. The molecule has 6 rings (SSSR count). The molecule has 1 amide bonds. The van der Waals surface area contributed by atoms with E-state index in [1.165, 1.54) is 16.5 Å². The van der Waals surface area contributed by atoms with Gasteiger partial charge in [-0.1, -0.05) is 36.4 Å². The van der Waals surface area contributed by atoms with Crippen molar-refractivity contribution in [2.75, 3.05) is 26.7 Å². The fourth-order valence-corrected chi connectivity index (χ4v) is 6.22. The number of nitrogens with zero attached hydrogens (tertiary/aromatic N) is 2. The highest BCUT2D eigenvalue weighted by molar-refractivity contribution is 6.10. The molecule has 1 atom stereocenters. The van der Waals surface area contributed by atoms with Gasteiger partial charge in [0.2, 0.25) is 0 Å². The van der Waals surface area contributed by atoms with E-state index in [4.69, 9.17) is 9.47 Å². The van der Waals surface area contributed by atoms with Gasteiger partial charge >= 0.3 is 0 Å². The molecule has 1 spiro atoms. The first-order valence-corrected chi connectivity index (χ1v) is 13.3. The maximum absolute atomic E-state index is 13.0. The van der Waals surface area contributed by atoms with Gasteiger partial charge in [0.25, 0.3) is 5.91 Å². The Morgan fingerprint density at radius 2 is 1.76 bits per heavy atom. The number of carbonyl (C=O) groups is 1. The van der Waals surface area contributed by atoms with E-state index in [9.17, 15) is 4.79 Å². The van der Waals surface area contributed by atoms with Crippen LogP contribution in [0, 0.1) is 0 Å². The lowest BCUT2D eigenvalue weighted by Gasteiger charge is -2.39. The number of hydrogen-bond donors (Lipinski definition) is 1. The molecule has 0 bridgehead atoms. The Bertz CT molecular complexity index is 1430. The van der Waals surface area contributed by atoms with Gasteiger partial charge in [0.15, 0.2) is 0 Å². The van der Waals surface area contributed by atoms with Crippen molar-refractivity contribution in [2.24, 2.45) is 7.05 Å². The number of nitrogens with one attached hydrogen (secondary N) is 1. The summed E-state index contributed by atoms with van der Waals surface area (Å²) in [5.74, 6) is 0.918. The monoisotopic (exact) mass is 497 g/mol. The zero-order valence-corrected chi connectivity index (χ0v) is 21.7. The number of methoxy groups -OCH3 is 1. The van der Waals surface area contributed by atoms with Crippen LogP contribution in [0.15, 0.2) is 66.7 Å².